The predicted octanol–water partition coefficient (Wildman–Crippen LogP) is 3.14. The Kier molecular flexibility index (Phi) is 7.43. The van der Waals surface area contributed by atoms with Gasteiger partial charge in [0.1, 0.15) is 18.0 Å². The van der Waals surface area contributed by atoms with E-state index >= 15 is 0 Å². The molecule has 0 spiro atoms. The number of H-pyrrole nitrogens is 1. The third-order valence-electron chi connectivity index (χ3n) is 5.48. The van der Waals surface area contributed by atoms with Gasteiger partial charge in [-0.05, 0) is 51.3 Å². The molecule has 0 bridgehead atoms. The van der Waals surface area contributed by atoms with Gasteiger partial charge < -0.3 is 15.1 Å². The van der Waals surface area contributed by atoms with E-state index in [1.165, 1.54) is 0 Å². The highest BCUT2D eigenvalue weighted by Crippen LogP contribution is 2.25. The van der Waals surface area contributed by atoms with E-state index in [0.717, 1.165) is 62.9 Å². The number of nitrogens with one attached hydrogen (secondary N) is 2. The van der Waals surface area contributed by atoms with E-state index in [9.17, 15) is 4.39 Å². The van der Waals surface area contributed by atoms with Gasteiger partial charge in [-0.15, -0.1) is 0 Å². The fourth-order valence-electron chi connectivity index (χ4n) is 3.84. The average Bonchev–Trinajstić information content (AvgIpc) is 3.28. The van der Waals surface area contributed by atoms with Crippen LogP contribution in [0.1, 0.15) is 50.9 Å². The van der Waals surface area contributed by atoms with Crippen LogP contribution in [0.15, 0.2) is 29.5 Å². The highest BCUT2D eigenvalue weighted by molar-refractivity contribution is 5.80. The highest BCUT2D eigenvalue weighted by atomic mass is 19.1. The van der Waals surface area contributed by atoms with E-state index in [0.29, 0.717) is 18.2 Å². The van der Waals surface area contributed by atoms with Crippen LogP contribution in [0, 0.1) is 5.82 Å². The van der Waals surface area contributed by atoms with Crippen LogP contribution in [0.2, 0.25) is 0 Å². The van der Waals surface area contributed by atoms with Gasteiger partial charge in [0.15, 0.2) is 5.96 Å². The lowest BCUT2D eigenvalue weighted by Crippen LogP contribution is -2.45. The van der Waals surface area contributed by atoms with Gasteiger partial charge in [0.2, 0.25) is 0 Å². The number of halogens is 1. The smallest absolute Gasteiger partial charge is 0.194 e. The summed E-state index contributed by atoms with van der Waals surface area (Å²) in [6, 6.07) is 5.44. The summed E-state index contributed by atoms with van der Waals surface area (Å²) < 4.78 is 14.5. The van der Waals surface area contributed by atoms with Crippen molar-refractivity contribution >= 4 is 11.6 Å². The standard InChI is InChI=1S/C21H32FN7/c1-4-23-21(29-11-9-17(10-12-29)20-25-15-26-27-20)24-14-16-7-8-19(18(22)13-16)28(5-2)6-3/h7-8,13,15,17H,4-6,9-12,14H2,1-3H3,(H,23,24)(H,25,26,27). The molecule has 0 saturated carbocycles. The van der Waals surface area contributed by atoms with Crippen LogP contribution in [0.5, 0.6) is 0 Å². The first-order chi connectivity index (χ1) is 14.2. The van der Waals surface area contributed by atoms with Crippen molar-refractivity contribution in [2.45, 2.75) is 46.1 Å². The van der Waals surface area contributed by atoms with Crippen molar-refractivity contribution in [1.29, 1.82) is 0 Å². The molecule has 1 aliphatic rings. The number of hydrogen-bond donors (Lipinski definition) is 2. The van der Waals surface area contributed by atoms with E-state index in [-0.39, 0.29) is 5.82 Å². The molecule has 1 saturated heterocycles. The molecule has 2 aromatic rings. The number of aromatic nitrogens is 3. The van der Waals surface area contributed by atoms with Gasteiger partial charge in [0.05, 0.1) is 12.2 Å². The Morgan fingerprint density at radius 3 is 2.62 bits per heavy atom. The van der Waals surface area contributed by atoms with Crippen LogP contribution in [-0.2, 0) is 6.54 Å². The number of likely N-dealkylation sites (tertiary alicyclic amines) is 1. The maximum atomic E-state index is 14.5. The lowest BCUT2D eigenvalue weighted by atomic mass is 9.96. The summed E-state index contributed by atoms with van der Waals surface area (Å²) in [6.07, 6.45) is 3.58. The van der Waals surface area contributed by atoms with E-state index in [2.05, 4.69) is 32.3 Å². The van der Waals surface area contributed by atoms with Gasteiger partial charge in [-0.3, -0.25) is 5.10 Å². The molecule has 0 radical (unpaired) electrons. The van der Waals surface area contributed by atoms with Crippen molar-refractivity contribution in [2.24, 2.45) is 4.99 Å². The molecule has 8 heteroatoms. The minimum Gasteiger partial charge on any atom is -0.370 e. The SMILES string of the molecule is CCNC(=NCc1ccc(N(CC)CC)c(F)c1)N1CCC(c2ncn[nH]2)CC1. The highest BCUT2D eigenvalue weighted by Gasteiger charge is 2.24. The zero-order valence-corrected chi connectivity index (χ0v) is 17.7. The zero-order chi connectivity index (χ0) is 20.6. The van der Waals surface area contributed by atoms with E-state index in [4.69, 9.17) is 4.99 Å². The molecule has 2 N–H and O–H groups in total. The molecular formula is C21H32FN7. The van der Waals surface area contributed by atoms with Crippen molar-refractivity contribution in [3.8, 4) is 0 Å². The molecule has 1 aliphatic heterocycles. The van der Waals surface area contributed by atoms with Gasteiger partial charge in [0.25, 0.3) is 0 Å². The second kappa shape index (κ2) is 10.2. The number of anilines is 1. The Morgan fingerprint density at radius 1 is 1.28 bits per heavy atom. The Morgan fingerprint density at radius 2 is 2.03 bits per heavy atom. The van der Waals surface area contributed by atoms with Crippen molar-refractivity contribution in [2.75, 3.05) is 37.6 Å². The number of benzene rings is 1. The molecule has 158 valence electrons. The maximum absolute atomic E-state index is 14.5. The molecular weight excluding hydrogens is 369 g/mol. The Hall–Kier alpha value is -2.64. The number of aliphatic imine (C=N–C) groups is 1. The Balaban J connectivity index is 1.64. The summed E-state index contributed by atoms with van der Waals surface area (Å²) in [6.45, 7) is 10.8. The number of piperidine rings is 1. The normalized spacial score (nSPS) is 15.6. The molecule has 0 amide bonds. The van der Waals surface area contributed by atoms with Crippen LogP contribution in [0.3, 0.4) is 0 Å². The first-order valence-electron chi connectivity index (χ1n) is 10.6. The molecule has 1 aromatic carbocycles. The largest absolute Gasteiger partial charge is 0.370 e. The number of rotatable bonds is 7. The minimum absolute atomic E-state index is 0.181. The predicted molar refractivity (Wildman–Crippen MR) is 115 cm³/mol. The van der Waals surface area contributed by atoms with Gasteiger partial charge >= 0.3 is 0 Å². The van der Waals surface area contributed by atoms with Gasteiger partial charge in [-0.1, -0.05) is 6.07 Å². The quantitative estimate of drug-likeness (QED) is 0.551. The number of aromatic amines is 1. The average molecular weight is 402 g/mol. The van der Waals surface area contributed by atoms with Crippen LogP contribution in [-0.4, -0.2) is 58.8 Å². The molecule has 0 aliphatic carbocycles. The molecule has 0 atom stereocenters. The molecule has 29 heavy (non-hydrogen) atoms. The zero-order valence-electron chi connectivity index (χ0n) is 17.7. The number of guanidine groups is 1. The summed E-state index contributed by atoms with van der Waals surface area (Å²) in [5.41, 5.74) is 1.54. The lowest BCUT2D eigenvalue weighted by Gasteiger charge is -2.33. The van der Waals surface area contributed by atoms with E-state index in [1.807, 2.05) is 30.9 Å². The number of nitrogens with zero attached hydrogens (tertiary/aromatic N) is 5. The molecule has 2 heterocycles. The fourth-order valence-corrected chi connectivity index (χ4v) is 3.84. The molecule has 1 fully saturated rings. The second-order valence-electron chi connectivity index (χ2n) is 7.26. The van der Waals surface area contributed by atoms with Crippen molar-refractivity contribution in [3.63, 3.8) is 0 Å². The summed E-state index contributed by atoms with van der Waals surface area (Å²) in [5.74, 6) is 2.09. The van der Waals surface area contributed by atoms with Crippen LogP contribution < -0.4 is 10.2 Å². The first-order valence-corrected chi connectivity index (χ1v) is 10.6. The molecule has 7 nitrogen and oxygen atoms in total. The van der Waals surface area contributed by atoms with Crippen molar-refractivity contribution < 1.29 is 4.39 Å². The van der Waals surface area contributed by atoms with E-state index < -0.39 is 0 Å². The second-order valence-corrected chi connectivity index (χ2v) is 7.26. The van der Waals surface area contributed by atoms with Crippen LogP contribution in [0.25, 0.3) is 0 Å². The summed E-state index contributed by atoms with van der Waals surface area (Å²) >= 11 is 0. The van der Waals surface area contributed by atoms with Crippen LogP contribution >= 0.6 is 0 Å². The third kappa shape index (κ3) is 5.25. The fraction of sp³-hybridized carbons (Fsp3) is 0.571. The monoisotopic (exact) mass is 401 g/mol. The minimum atomic E-state index is -0.181. The summed E-state index contributed by atoms with van der Waals surface area (Å²) in [7, 11) is 0. The molecule has 0 unspecified atom stereocenters. The number of hydrogen-bond acceptors (Lipinski definition) is 4. The van der Waals surface area contributed by atoms with Gasteiger partial charge in [0, 0.05) is 38.6 Å². The summed E-state index contributed by atoms with van der Waals surface area (Å²) in [4.78, 5) is 13.4. The topological polar surface area (TPSA) is 72.4 Å². The summed E-state index contributed by atoms with van der Waals surface area (Å²) in [5, 5.41) is 10.3. The van der Waals surface area contributed by atoms with Crippen molar-refractivity contribution in [1.82, 2.24) is 25.4 Å². The molecule has 1 aromatic heterocycles. The van der Waals surface area contributed by atoms with Gasteiger partial charge in [-0.25, -0.2) is 14.4 Å². The molecule has 3 rings (SSSR count). The van der Waals surface area contributed by atoms with Crippen LogP contribution in [0.4, 0.5) is 10.1 Å². The van der Waals surface area contributed by atoms with Crippen molar-refractivity contribution in [3.05, 3.63) is 41.7 Å². The van der Waals surface area contributed by atoms with E-state index in [1.54, 1.807) is 12.4 Å². The Labute approximate surface area is 172 Å². The lowest BCUT2D eigenvalue weighted by molar-refractivity contribution is 0.299. The van der Waals surface area contributed by atoms with Gasteiger partial charge in [-0.2, -0.15) is 5.10 Å². The Bertz CT molecular complexity index is 778. The third-order valence-corrected chi connectivity index (χ3v) is 5.48. The maximum Gasteiger partial charge on any atom is 0.194 e. The first kappa shape index (κ1) is 21.1.